The third kappa shape index (κ3) is 2.23. The molecule has 4 nitrogen and oxygen atoms in total. The predicted octanol–water partition coefficient (Wildman–Crippen LogP) is 1.27. The molecular weight excluding hydrogens is 214 g/mol. The van der Waals surface area contributed by atoms with E-state index >= 15 is 0 Å². The second-order valence-corrected chi connectivity index (χ2v) is 4.07. The van der Waals surface area contributed by atoms with Gasteiger partial charge in [0.05, 0.1) is 11.6 Å². The fraction of sp³-hybridized carbons (Fsp3) is 0.385. The summed E-state index contributed by atoms with van der Waals surface area (Å²) < 4.78 is 0. The molecule has 0 bridgehead atoms. The van der Waals surface area contributed by atoms with E-state index in [0.29, 0.717) is 12.1 Å². The van der Waals surface area contributed by atoms with E-state index in [2.05, 4.69) is 16.3 Å². The number of carbonyl (C=O) groups is 1. The van der Waals surface area contributed by atoms with Gasteiger partial charge in [-0.05, 0) is 30.7 Å². The molecule has 0 aromatic heterocycles. The van der Waals surface area contributed by atoms with Gasteiger partial charge in [0.1, 0.15) is 6.04 Å². The maximum absolute atomic E-state index is 11.7. The number of hydrogen-bond donors (Lipinski definition) is 1. The van der Waals surface area contributed by atoms with Crippen molar-refractivity contribution in [2.24, 2.45) is 0 Å². The maximum atomic E-state index is 11.7. The molecule has 1 saturated heterocycles. The lowest BCUT2D eigenvalue weighted by Gasteiger charge is -2.36. The molecule has 1 aromatic rings. The molecule has 1 unspecified atom stereocenters. The van der Waals surface area contributed by atoms with Gasteiger partial charge < -0.3 is 10.2 Å². The number of hydrogen-bond acceptors (Lipinski definition) is 3. The number of benzene rings is 1. The average Bonchev–Trinajstić information content (AvgIpc) is 2.38. The highest BCUT2D eigenvalue weighted by molar-refractivity contribution is 5.86. The minimum Gasteiger partial charge on any atom is -0.358 e. The van der Waals surface area contributed by atoms with Crippen LogP contribution in [0.15, 0.2) is 24.3 Å². The lowest BCUT2D eigenvalue weighted by atomic mass is 10.1. The normalized spacial score (nSPS) is 19.6. The number of nitrogens with one attached hydrogen (secondary N) is 1. The van der Waals surface area contributed by atoms with E-state index in [0.717, 1.165) is 18.7 Å². The van der Waals surface area contributed by atoms with Crippen molar-refractivity contribution in [3.8, 4) is 6.07 Å². The van der Waals surface area contributed by atoms with Crippen LogP contribution in [-0.2, 0) is 4.79 Å². The van der Waals surface area contributed by atoms with Gasteiger partial charge in [-0.25, -0.2) is 0 Å². The van der Waals surface area contributed by atoms with E-state index in [9.17, 15) is 4.79 Å². The Morgan fingerprint density at radius 2 is 2.18 bits per heavy atom. The Labute approximate surface area is 101 Å². The largest absolute Gasteiger partial charge is 0.358 e. The molecule has 1 aliphatic rings. The Hall–Kier alpha value is -2.02. The number of nitrogens with zero attached hydrogens (tertiary/aromatic N) is 2. The van der Waals surface area contributed by atoms with E-state index in [1.165, 1.54) is 0 Å². The summed E-state index contributed by atoms with van der Waals surface area (Å²) in [7, 11) is 0. The standard InChI is InChI=1S/C13H15N3O/c1-2-12-13(17)15-7-8-16(12)11-5-3-10(9-14)4-6-11/h3-6,12H,2,7-8H2,1H3,(H,15,17). The molecule has 1 aliphatic heterocycles. The van der Waals surface area contributed by atoms with E-state index in [1.807, 2.05) is 19.1 Å². The summed E-state index contributed by atoms with van der Waals surface area (Å²) in [4.78, 5) is 13.8. The first-order chi connectivity index (χ1) is 8.26. The number of amides is 1. The van der Waals surface area contributed by atoms with Crippen molar-refractivity contribution in [3.63, 3.8) is 0 Å². The van der Waals surface area contributed by atoms with Crippen molar-refractivity contribution in [2.75, 3.05) is 18.0 Å². The zero-order chi connectivity index (χ0) is 12.3. The topological polar surface area (TPSA) is 56.1 Å². The number of anilines is 1. The first-order valence-electron chi connectivity index (χ1n) is 5.80. The second-order valence-electron chi connectivity index (χ2n) is 4.07. The van der Waals surface area contributed by atoms with E-state index in [1.54, 1.807) is 12.1 Å². The predicted molar refractivity (Wildman–Crippen MR) is 65.6 cm³/mol. The number of nitriles is 1. The van der Waals surface area contributed by atoms with Crippen LogP contribution in [0.5, 0.6) is 0 Å². The lowest BCUT2D eigenvalue weighted by Crippen LogP contribution is -2.55. The van der Waals surface area contributed by atoms with Crippen LogP contribution in [0.3, 0.4) is 0 Å². The molecule has 0 saturated carbocycles. The fourth-order valence-corrected chi connectivity index (χ4v) is 2.16. The van der Waals surface area contributed by atoms with E-state index in [4.69, 9.17) is 5.26 Å². The van der Waals surface area contributed by atoms with Gasteiger partial charge in [0.2, 0.25) is 5.91 Å². The third-order valence-corrected chi connectivity index (χ3v) is 3.05. The molecule has 1 fully saturated rings. The Balaban J connectivity index is 2.25. The highest BCUT2D eigenvalue weighted by atomic mass is 16.2. The molecule has 1 aromatic carbocycles. The van der Waals surface area contributed by atoms with Crippen molar-refractivity contribution < 1.29 is 4.79 Å². The minimum absolute atomic E-state index is 0.0862. The second kappa shape index (κ2) is 4.88. The van der Waals surface area contributed by atoms with Gasteiger partial charge in [-0.3, -0.25) is 4.79 Å². The van der Waals surface area contributed by atoms with Crippen molar-refractivity contribution in [1.82, 2.24) is 5.32 Å². The molecule has 0 spiro atoms. The molecule has 1 N–H and O–H groups in total. The van der Waals surface area contributed by atoms with Crippen LogP contribution in [0.2, 0.25) is 0 Å². The Morgan fingerprint density at radius 3 is 2.76 bits per heavy atom. The van der Waals surface area contributed by atoms with Crippen LogP contribution in [-0.4, -0.2) is 25.0 Å². The highest BCUT2D eigenvalue weighted by Crippen LogP contribution is 2.20. The minimum atomic E-state index is -0.100. The SMILES string of the molecule is CCC1C(=O)NCCN1c1ccc(C#N)cc1. The Morgan fingerprint density at radius 1 is 1.47 bits per heavy atom. The fourth-order valence-electron chi connectivity index (χ4n) is 2.16. The van der Waals surface area contributed by atoms with Gasteiger partial charge in [-0.1, -0.05) is 6.92 Å². The summed E-state index contributed by atoms with van der Waals surface area (Å²) in [5, 5.41) is 11.6. The summed E-state index contributed by atoms with van der Waals surface area (Å²) in [6.07, 6.45) is 0.784. The van der Waals surface area contributed by atoms with Gasteiger partial charge >= 0.3 is 0 Å². The number of piperazine rings is 1. The van der Waals surface area contributed by atoms with Crippen LogP contribution >= 0.6 is 0 Å². The van der Waals surface area contributed by atoms with E-state index < -0.39 is 0 Å². The van der Waals surface area contributed by atoms with Crippen molar-refractivity contribution in [2.45, 2.75) is 19.4 Å². The van der Waals surface area contributed by atoms with Gasteiger partial charge in [0.25, 0.3) is 0 Å². The molecule has 1 heterocycles. The Kier molecular flexibility index (Phi) is 3.29. The zero-order valence-electron chi connectivity index (χ0n) is 9.81. The molecule has 2 rings (SSSR count). The smallest absolute Gasteiger partial charge is 0.242 e. The highest BCUT2D eigenvalue weighted by Gasteiger charge is 2.27. The summed E-state index contributed by atoms with van der Waals surface area (Å²) in [6.45, 7) is 3.50. The van der Waals surface area contributed by atoms with Crippen molar-refractivity contribution >= 4 is 11.6 Å². The summed E-state index contributed by atoms with van der Waals surface area (Å²) >= 11 is 0. The molecule has 88 valence electrons. The van der Waals surface area contributed by atoms with Gasteiger partial charge in [0, 0.05) is 18.8 Å². The summed E-state index contributed by atoms with van der Waals surface area (Å²) in [5.41, 5.74) is 1.65. The van der Waals surface area contributed by atoms with Crippen molar-refractivity contribution in [3.05, 3.63) is 29.8 Å². The van der Waals surface area contributed by atoms with Gasteiger partial charge in [-0.15, -0.1) is 0 Å². The lowest BCUT2D eigenvalue weighted by molar-refractivity contribution is -0.123. The molecule has 0 radical (unpaired) electrons. The molecule has 4 heteroatoms. The number of rotatable bonds is 2. The van der Waals surface area contributed by atoms with Crippen LogP contribution in [0, 0.1) is 11.3 Å². The molecule has 1 atom stereocenters. The monoisotopic (exact) mass is 229 g/mol. The molecular formula is C13H15N3O. The van der Waals surface area contributed by atoms with Crippen LogP contribution in [0.1, 0.15) is 18.9 Å². The maximum Gasteiger partial charge on any atom is 0.242 e. The first kappa shape index (κ1) is 11.5. The Bertz CT molecular complexity index is 447. The first-order valence-corrected chi connectivity index (χ1v) is 5.80. The summed E-state index contributed by atoms with van der Waals surface area (Å²) in [6, 6.07) is 9.37. The molecule has 0 aliphatic carbocycles. The molecule has 17 heavy (non-hydrogen) atoms. The van der Waals surface area contributed by atoms with Gasteiger partial charge in [-0.2, -0.15) is 5.26 Å². The van der Waals surface area contributed by atoms with Crippen LogP contribution in [0.25, 0.3) is 0 Å². The van der Waals surface area contributed by atoms with Gasteiger partial charge in [0.15, 0.2) is 0 Å². The van der Waals surface area contributed by atoms with Crippen LogP contribution in [0.4, 0.5) is 5.69 Å². The summed E-state index contributed by atoms with van der Waals surface area (Å²) in [5.74, 6) is 0.0862. The zero-order valence-corrected chi connectivity index (χ0v) is 9.81. The van der Waals surface area contributed by atoms with E-state index in [-0.39, 0.29) is 11.9 Å². The molecule has 1 amide bonds. The third-order valence-electron chi connectivity index (χ3n) is 3.05. The number of carbonyl (C=O) groups excluding carboxylic acids is 1. The van der Waals surface area contributed by atoms with Crippen LogP contribution < -0.4 is 10.2 Å². The quantitative estimate of drug-likeness (QED) is 0.831. The average molecular weight is 229 g/mol. The van der Waals surface area contributed by atoms with Crippen molar-refractivity contribution in [1.29, 1.82) is 5.26 Å².